The van der Waals surface area contributed by atoms with Crippen LogP contribution in [0, 0.1) is 16.5 Å². The third-order valence-electron chi connectivity index (χ3n) is 6.47. The lowest BCUT2D eigenvalue weighted by Gasteiger charge is -2.34. The molecule has 4 aromatic heterocycles. The van der Waals surface area contributed by atoms with E-state index in [1.165, 1.54) is 16.9 Å². The molecule has 3 atom stereocenters. The van der Waals surface area contributed by atoms with Crippen LogP contribution >= 0.6 is 0 Å². The molecule has 1 aliphatic rings. The number of nitrogens with zero attached hydrogens (tertiary/aromatic N) is 6. The smallest absolute Gasteiger partial charge is 0.433 e. The predicted molar refractivity (Wildman–Crippen MR) is 116 cm³/mol. The zero-order chi connectivity index (χ0) is 24.9. The summed E-state index contributed by atoms with van der Waals surface area (Å²) in [6.07, 6.45) is -0.623. The molecule has 5 rings (SSSR count). The predicted octanol–water partition coefficient (Wildman–Crippen LogP) is 3.31. The fourth-order valence-corrected chi connectivity index (χ4v) is 4.46. The highest BCUT2D eigenvalue weighted by molar-refractivity contribution is 5.80. The van der Waals surface area contributed by atoms with Crippen LogP contribution in [0.1, 0.15) is 66.1 Å². The van der Waals surface area contributed by atoms with Gasteiger partial charge in [0.2, 0.25) is 0 Å². The quantitative estimate of drug-likeness (QED) is 0.352. The Morgan fingerprint density at radius 2 is 2.03 bits per heavy atom. The van der Waals surface area contributed by atoms with Crippen LogP contribution in [0.2, 0.25) is 0 Å². The maximum Gasteiger partial charge on any atom is 0.433 e. The van der Waals surface area contributed by atoms with Gasteiger partial charge in [-0.1, -0.05) is 12.1 Å². The third kappa shape index (κ3) is 3.78. The van der Waals surface area contributed by atoms with Gasteiger partial charge in [-0.25, -0.2) is 9.67 Å². The molecule has 0 aromatic carbocycles. The van der Waals surface area contributed by atoms with Crippen molar-refractivity contribution >= 4 is 11.0 Å². The average molecular weight is 481 g/mol. The van der Waals surface area contributed by atoms with Crippen LogP contribution in [0.25, 0.3) is 11.0 Å². The molecule has 12 heteroatoms. The van der Waals surface area contributed by atoms with E-state index in [1.54, 1.807) is 25.1 Å². The van der Waals surface area contributed by atoms with Crippen molar-refractivity contribution in [1.29, 1.82) is 5.26 Å². The van der Waals surface area contributed by atoms with Crippen molar-refractivity contribution in [2.75, 3.05) is 0 Å². The number of halogens is 3. The first-order chi connectivity index (χ1) is 16.7. The minimum atomic E-state index is -4.57. The van der Waals surface area contributed by atoms with Crippen LogP contribution in [0.3, 0.4) is 0 Å². The van der Waals surface area contributed by atoms with Gasteiger partial charge >= 0.3 is 6.18 Å². The van der Waals surface area contributed by atoms with Gasteiger partial charge in [-0.15, -0.1) is 0 Å². The van der Waals surface area contributed by atoms with Crippen LogP contribution in [0.5, 0.6) is 0 Å². The molecule has 1 N–H and O–H groups in total. The van der Waals surface area contributed by atoms with Crippen molar-refractivity contribution in [2.45, 2.75) is 43.8 Å². The Morgan fingerprint density at radius 1 is 1.26 bits per heavy atom. The SMILES string of the molecule is C[C@@H](c1ccc(C(F)(F)F)nc1)n1nc(C#N)c2c(=O)[nH]c([C@H]3CC[C@@H]3c3cccc[n+]3[O-])nc21. The van der Waals surface area contributed by atoms with Crippen LogP contribution in [-0.4, -0.2) is 24.7 Å². The molecule has 178 valence electrons. The minimum absolute atomic E-state index is 0.00237. The lowest BCUT2D eigenvalue weighted by molar-refractivity contribution is -0.616. The van der Waals surface area contributed by atoms with Gasteiger partial charge in [0.15, 0.2) is 23.2 Å². The van der Waals surface area contributed by atoms with E-state index in [4.69, 9.17) is 0 Å². The summed E-state index contributed by atoms with van der Waals surface area (Å²) in [4.78, 5) is 23.8. The normalized spacial score (nSPS) is 18.7. The standard InChI is InChI=1S/C23H18F3N7O2/c1-12(13-5-8-18(28-11-13)23(24,25)26)33-21-19(16(10-27)31-33)22(34)30-20(29-21)15-7-6-14(15)17-4-2-3-9-32(17)35/h2-5,8-9,11-12,14-15H,6-7H2,1H3,(H,29,30,34)/t12-,14-,15-/m0/s1. The molecule has 0 saturated heterocycles. The maximum absolute atomic E-state index is 13.0. The largest absolute Gasteiger partial charge is 0.618 e. The summed E-state index contributed by atoms with van der Waals surface area (Å²) < 4.78 is 40.8. The second kappa shape index (κ2) is 8.19. The molecule has 0 radical (unpaired) electrons. The number of hydrogen-bond donors (Lipinski definition) is 1. The van der Waals surface area contributed by atoms with E-state index >= 15 is 0 Å². The van der Waals surface area contributed by atoms with Gasteiger partial charge in [-0.3, -0.25) is 9.78 Å². The van der Waals surface area contributed by atoms with E-state index < -0.39 is 23.5 Å². The number of alkyl halides is 3. The number of pyridine rings is 2. The number of rotatable bonds is 4. The van der Waals surface area contributed by atoms with E-state index in [0.29, 0.717) is 23.5 Å². The molecule has 0 spiro atoms. The summed E-state index contributed by atoms with van der Waals surface area (Å²) in [6.45, 7) is 1.66. The molecule has 0 unspecified atom stereocenters. The highest BCUT2D eigenvalue weighted by atomic mass is 19.4. The first-order valence-corrected chi connectivity index (χ1v) is 10.8. The number of aromatic amines is 1. The Kier molecular flexibility index (Phi) is 5.27. The molecule has 1 fully saturated rings. The molecule has 0 amide bonds. The Hall–Kier alpha value is -4.27. The fraction of sp³-hybridized carbons (Fsp3) is 0.304. The Balaban J connectivity index is 1.58. The van der Waals surface area contributed by atoms with Crippen molar-refractivity contribution in [3.8, 4) is 6.07 Å². The summed E-state index contributed by atoms with van der Waals surface area (Å²) in [6, 6.07) is 8.51. The number of nitrogens with one attached hydrogen (secondary N) is 1. The number of hydrogen-bond acceptors (Lipinski definition) is 6. The van der Waals surface area contributed by atoms with E-state index in [9.17, 15) is 28.4 Å². The molecular formula is C23H18F3N7O2. The summed E-state index contributed by atoms with van der Waals surface area (Å²) in [7, 11) is 0. The van der Waals surface area contributed by atoms with E-state index in [0.717, 1.165) is 23.4 Å². The molecule has 4 heterocycles. The fourth-order valence-electron chi connectivity index (χ4n) is 4.46. The van der Waals surface area contributed by atoms with E-state index in [-0.39, 0.29) is 28.6 Å². The van der Waals surface area contributed by atoms with Crippen molar-refractivity contribution in [3.63, 3.8) is 0 Å². The Morgan fingerprint density at radius 3 is 2.63 bits per heavy atom. The summed E-state index contributed by atoms with van der Waals surface area (Å²) in [5.41, 5.74) is -0.602. The number of nitriles is 1. The van der Waals surface area contributed by atoms with Crippen LogP contribution < -0.4 is 10.3 Å². The highest BCUT2D eigenvalue weighted by Gasteiger charge is 2.40. The molecule has 4 aromatic rings. The molecule has 1 aliphatic carbocycles. The number of fused-ring (bicyclic) bond motifs is 1. The van der Waals surface area contributed by atoms with Crippen LogP contribution in [0.4, 0.5) is 13.2 Å². The maximum atomic E-state index is 13.0. The first-order valence-electron chi connectivity index (χ1n) is 10.8. The first kappa shape index (κ1) is 22.5. The zero-order valence-corrected chi connectivity index (χ0v) is 18.3. The molecule has 9 nitrogen and oxygen atoms in total. The molecular weight excluding hydrogens is 463 g/mol. The van der Waals surface area contributed by atoms with Gasteiger partial charge in [-0.2, -0.15) is 28.3 Å². The monoisotopic (exact) mass is 481 g/mol. The topological polar surface area (TPSA) is 127 Å². The van der Waals surface area contributed by atoms with Crippen molar-refractivity contribution in [2.24, 2.45) is 0 Å². The minimum Gasteiger partial charge on any atom is -0.618 e. The van der Waals surface area contributed by atoms with Crippen molar-refractivity contribution in [3.05, 3.63) is 86.8 Å². The second-order valence-corrected chi connectivity index (χ2v) is 8.45. The van der Waals surface area contributed by atoms with Gasteiger partial charge in [0.05, 0.1) is 12.0 Å². The molecule has 0 aliphatic heterocycles. The Labute approximate surface area is 196 Å². The second-order valence-electron chi connectivity index (χ2n) is 8.45. The Bertz CT molecular complexity index is 1520. The van der Waals surface area contributed by atoms with E-state index in [1.807, 2.05) is 6.07 Å². The van der Waals surface area contributed by atoms with Gasteiger partial charge in [0.25, 0.3) is 5.56 Å². The summed E-state index contributed by atoms with van der Waals surface area (Å²) in [5.74, 6) is 0.00950. The van der Waals surface area contributed by atoms with E-state index in [2.05, 4.69) is 20.1 Å². The van der Waals surface area contributed by atoms with Crippen LogP contribution in [0.15, 0.2) is 47.5 Å². The van der Waals surface area contributed by atoms with Crippen molar-refractivity contribution in [1.82, 2.24) is 24.7 Å². The number of aromatic nitrogens is 6. The van der Waals surface area contributed by atoms with Gasteiger partial charge < -0.3 is 10.2 Å². The zero-order valence-electron chi connectivity index (χ0n) is 18.3. The highest BCUT2D eigenvalue weighted by Crippen LogP contribution is 2.47. The van der Waals surface area contributed by atoms with Gasteiger partial charge in [0, 0.05) is 24.2 Å². The van der Waals surface area contributed by atoms with Crippen LogP contribution in [-0.2, 0) is 6.18 Å². The third-order valence-corrected chi connectivity index (χ3v) is 6.47. The molecule has 1 saturated carbocycles. The lowest BCUT2D eigenvalue weighted by atomic mass is 9.71. The summed E-state index contributed by atoms with van der Waals surface area (Å²) >= 11 is 0. The van der Waals surface area contributed by atoms with Gasteiger partial charge in [0.1, 0.15) is 23.0 Å². The average Bonchev–Trinajstić information content (AvgIpc) is 3.18. The summed E-state index contributed by atoms with van der Waals surface area (Å²) in [5, 5.41) is 26.0. The van der Waals surface area contributed by atoms with Gasteiger partial charge in [-0.05, 0) is 31.4 Å². The number of H-pyrrole nitrogens is 1. The lowest BCUT2D eigenvalue weighted by Crippen LogP contribution is -2.38. The molecule has 35 heavy (non-hydrogen) atoms. The van der Waals surface area contributed by atoms with Crippen molar-refractivity contribution < 1.29 is 17.9 Å². The molecule has 0 bridgehead atoms.